The van der Waals surface area contributed by atoms with E-state index in [4.69, 9.17) is 17.3 Å². The van der Waals surface area contributed by atoms with Crippen molar-refractivity contribution in [2.24, 2.45) is 5.73 Å². The van der Waals surface area contributed by atoms with E-state index in [-0.39, 0.29) is 28.1 Å². The Morgan fingerprint density at radius 3 is 2.62 bits per heavy atom. The summed E-state index contributed by atoms with van der Waals surface area (Å²) in [5, 5.41) is 13.3. The zero-order valence-corrected chi connectivity index (χ0v) is 16.4. The Bertz CT molecular complexity index is 891. The molecule has 26 heavy (non-hydrogen) atoms. The van der Waals surface area contributed by atoms with Crippen LogP contribution in [0.4, 0.5) is 0 Å². The van der Waals surface area contributed by atoms with Gasteiger partial charge in [-0.05, 0) is 66.8 Å². The van der Waals surface area contributed by atoms with E-state index in [1.165, 1.54) is 16.7 Å². The highest BCUT2D eigenvalue weighted by atomic mass is 79.9. The number of amides is 1. The number of primary amides is 1. The molecule has 1 amide bonds. The Labute approximate surface area is 163 Å². The predicted octanol–water partition coefficient (Wildman–Crippen LogP) is 2.86. The van der Waals surface area contributed by atoms with Gasteiger partial charge in [0.05, 0.1) is 0 Å². The van der Waals surface area contributed by atoms with Crippen LogP contribution in [0.25, 0.3) is 5.82 Å². The Hall–Kier alpha value is -1.90. The molecule has 0 aliphatic carbocycles. The largest absolute Gasteiger partial charge is 0.477 e. The second kappa shape index (κ2) is 7.38. The first-order valence-electron chi connectivity index (χ1n) is 8.13. The second-order valence-corrected chi connectivity index (χ2v) is 7.41. The molecule has 7 nitrogen and oxygen atoms in total. The zero-order valence-electron chi connectivity index (χ0n) is 14.1. The fourth-order valence-corrected chi connectivity index (χ4v) is 4.30. The van der Waals surface area contributed by atoms with Crippen LogP contribution in [-0.2, 0) is 0 Å². The summed E-state index contributed by atoms with van der Waals surface area (Å²) in [6, 6.07) is 2.81. The Morgan fingerprint density at radius 1 is 1.38 bits per heavy atom. The molecule has 0 atom stereocenters. The fourth-order valence-electron chi connectivity index (χ4n) is 3.41. The number of carbonyl (C=O) groups excluding carboxylic acids is 1. The number of nitrogens with two attached hydrogens (primary N) is 1. The van der Waals surface area contributed by atoms with Crippen LogP contribution in [0.15, 0.2) is 16.6 Å². The lowest BCUT2D eigenvalue weighted by Crippen LogP contribution is -2.27. The number of piperidine rings is 1. The fraction of sp³-hybridized carbons (Fsp3) is 0.353. The van der Waals surface area contributed by atoms with E-state index in [2.05, 4.69) is 26.2 Å². The zero-order chi connectivity index (χ0) is 19.0. The maximum Gasteiger partial charge on any atom is 0.353 e. The average Bonchev–Trinajstić information content (AvgIpc) is 2.87. The molecule has 2 aromatic heterocycles. The number of nitrogens with one attached hydrogen (secondary N) is 1. The normalized spacial score (nSPS) is 15.2. The SMILES string of the molecule is Cc1c(Br)c(C2CCNCC2)c(C(=O)O)n1-c1cc(C(N)=O)cc(Cl)n1. The molecule has 3 heterocycles. The van der Waals surface area contributed by atoms with Gasteiger partial charge in [0.15, 0.2) is 0 Å². The van der Waals surface area contributed by atoms with Crippen molar-refractivity contribution in [2.75, 3.05) is 13.1 Å². The summed E-state index contributed by atoms with van der Waals surface area (Å²) >= 11 is 9.59. The molecule has 138 valence electrons. The van der Waals surface area contributed by atoms with E-state index in [0.29, 0.717) is 5.69 Å². The number of aromatic carboxylic acids is 1. The van der Waals surface area contributed by atoms with Crippen LogP contribution >= 0.6 is 27.5 Å². The van der Waals surface area contributed by atoms with Crippen LogP contribution in [0, 0.1) is 6.92 Å². The van der Waals surface area contributed by atoms with Gasteiger partial charge in [-0.1, -0.05) is 11.6 Å². The third-order valence-electron chi connectivity index (χ3n) is 4.61. The quantitative estimate of drug-likeness (QED) is 0.632. The number of carboxylic acid groups (broad SMARTS) is 1. The number of carboxylic acids is 1. The number of pyridine rings is 1. The molecule has 0 unspecified atom stereocenters. The van der Waals surface area contributed by atoms with Crippen LogP contribution in [0.5, 0.6) is 0 Å². The van der Waals surface area contributed by atoms with E-state index in [1.54, 1.807) is 6.92 Å². The van der Waals surface area contributed by atoms with Gasteiger partial charge >= 0.3 is 5.97 Å². The van der Waals surface area contributed by atoms with Gasteiger partial charge in [0.25, 0.3) is 0 Å². The van der Waals surface area contributed by atoms with Crippen molar-refractivity contribution in [3.8, 4) is 5.82 Å². The molecule has 0 radical (unpaired) electrons. The van der Waals surface area contributed by atoms with E-state index >= 15 is 0 Å². The van der Waals surface area contributed by atoms with Crippen molar-refractivity contribution in [2.45, 2.75) is 25.7 Å². The maximum absolute atomic E-state index is 12.1. The second-order valence-electron chi connectivity index (χ2n) is 6.23. The van der Waals surface area contributed by atoms with Gasteiger partial charge in [0.1, 0.15) is 16.7 Å². The van der Waals surface area contributed by atoms with Crippen LogP contribution in [0.1, 0.15) is 50.9 Å². The van der Waals surface area contributed by atoms with Gasteiger partial charge in [-0.15, -0.1) is 0 Å². The van der Waals surface area contributed by atoms with Gasteiger partial charge in [0, 0.05) is 21.3 Å². The Morgan fingerprint density at radius 2 is 2.04 bits per heavy atom. The van der Waals surface area contributed by atoms with Gasteiger partial charge in [-0.3, -0.25) is 9.36 Å². The van der Waals surface area contributed by atoms with Crippen LogP contribution in [0.3, 0.4) is 0 Å². The Balaban J connectivity index is 2.25. The lowest BCUT2D eigenvalue weighted by atomic mass is 9.90. The molecule has 1 aliphatic rings. The molecule has 0 spiro atoms. The summed E-state index contributed by atoms with van der Waals surface area (Å²) in [4.78, 5) is 27.9. The van der Waals surface area contributed by atoms with E-state index in [1.807, 2.05) is 0 Å². The first-order chi connectivity index (χ1) is 12.3. The molecule has 1 aliphatic heterocycles. The highest BCUT2D eigenvalue weighted by Gasteiger charge is 2.31. The smallest absolute Gasteiger partial charge is 0.353 e. The number of halogens is 2. The Kier molecular flexibility index (Phi) is 5.36. The molecule has 2 aromatic rings. The summed E-state index contributed by atoms with van der Waals surface area (Å²) < 4.78 is 2.26. The van der Waals surface area contributed by atoms with Crippen LogP contribution in [0.2, 0.25) is 5.15 Å². The maximum atomic E-state index is 12.1. The lowest BCUT2D eigenvalue weighted by Gasteiger charge is -2.23. The monoisotopic (exact) mass is 440 g/mol. The number of rotatable bonds is 4. The van der Waals surface area contributed by atoms with Gasteiger partial charge in [-0.25, -0.2) is 9.78 Å². The molecular formula is C17H18BrClN4O3. The first kappa shape index (κ1) is 18.9. The van der Waals surface area contributed by atoms with Crippen molar-refractivity contribution < 1.29 is 14.7 Å². The minimum Gasteiger partial charge on any atom is -0.477 e. The molecule has 0 bridgehead atoms. The number of aromatic nitrogens is 2. The molecule has 1 fully saturated rings. The molecule has 0 aromatic carbocycles. The minimum atomic E-state index is -1.06. The minimum absolute atomic E-state index is 0.0697. The molecule has 1 saturated heterocycles. The van der Waals surface area contributed by atoms with Gasteiger partial charge < -0.3 is 16.2 Å². The summed E-state index contributed by atoms with van der Waals surface area (Å²) in [6.07, 6.45) is 1.69. The van der Waals surface area contributed by atoms with E-state index in [9.17, 15) is 14.7 Å². The third kappa shape index (κ3) is 3.36. The molecule has 9 heteroatoms. The topological polar surface area (TPSA) is 110 Å². The lowest BCUT2D eigenvalue weighted by molar-refractivity contribution is 0.0685. The van der Waals surface area contributed by atoms with Crippen molar-refractivity contribution in [1.29, 1.82) is 0 Å². The highest BCUT2D eigenvalue weighted by molar-refractivity contribution is 9.10. The summed E-state index contributed by atoms with van der Waals surface area (Å²) in [6.45, 7) is 3.47. The number of nitrogens with zero attached hydrogens (tertiary/aromatic N) is 2. The van der Waals surface area contributed by atoms with Gasteiger partial charge in [-0.2, -0.15) is 0 Å². The summed E-state index contributed by atoms with van der Waals surface area (Å²) in [7, 11) is 0. The molecular weight excluding hydrogens is 424 g/mol. The van der Waals surface area contributed by atoms with Crippen molar-refractivity contribution >= 4 is 39.4 Å². The molecule has 0 saturated carbocycles. The highest BCUT2D eigenvalue weighted by Crippen LogP contribution is 2.39. The van der Waals surface area contributed by atoms with Crippen LogP contribution in [-0.4, -0.2) is 39.6 Å². The molecule has 3 rings (SSSR count). The van der Waals surface area contributed by atoms with Gasteiger partial charge in [0.2, 0.25) is 5.91 Å². The average molecular weight is 442 g/mol. The molecule has 4 N–H and O–H groups in total. The number of carbonyl (C=O) groups is 2. The first-order valence-corrected chi connectivity index (χ1v) is 9.30. The van der Waals surface area contributed by atoms with Crippen molar-refractivity contribution in [3.05, 3.63) is 44.3 Å². The number of hydrogen-bond acceptors (Lipinski definition) is 4. The van der Waals surface area contributed by atoms with Crippen LogP contribution < -0.4 is 11.1 Å². The summed E-state index contributed by atoms with van der Waals surface area (Å²) in [5.74, 6) is -1.35. The standard InChI is InChI=1S/C17H18BrClN4O3/c1-8-14(18)13(9-2-4-21-5-3-9)15(17(25)26)23(8)12-7-10(16(20)24)6-11(19)22-12/h6-7,9,21H,2-5H2,1H3,(H2,20,24)(H,25,26). The van der Waals surface area contributed by atoms with E-state index < -0.39 is 11.9 Å². The third-order valence-corrected chi connectivity index (χ3v) is 5.81. The van der Waals surface area contributed by atoms with Crippen molar-refractivity contribution in [1.82, 2.24) is 14.9 Å². The van der Waals surface area contributed by atoms with Crippen molar-refractivity contribution in [3.63, 3.8) is 0 Å². The summed E-state index contributed by atoms with van der Waals surface area (Å²) in [5.41, 5.74) is 7.08. The van der Waals surface area contributed by atoms with E-state index in [0.717, 1.165) is 36.0 Å². The number of hydrogen-bond donors (Lipinski definition) is 3. The predicted molar refractivity (Wildman–Crippen MR) is 101 cm³/mol.